The molecule has 10 heteroatoms. The first-order valence-corrected chi connectivity index (χ1v) is 12.6. The minimum Gasteiger partial charge on any atom is -0.480 e. The van der Waals surface area contributed by atoms with E-state index in [1.165, 1.54) is 24.8 Å². The van der Waals surface area contributed by atoms with Crippen molar-refractivity contribution in [3.63, 3.8) is 0 Å². The second kappa shape index (κ2) is 8.76. The van der Waals surface area contributed by atoms with Crippen LogP contribution in [-0.2, 0) is 12.0 Å². The summed E-state index contributed by atoms with van der Waals surface area (Å²) in [4.78, 5) is 23.1. The maximum absolute atomic E-state index is 14.2. The lowest BCUT2D eigenvalue weighted by molar-refractivity contribution is 0.193. The molecule has 3 aromatic rings. The van der Waals surface area contributed by atoms with E-state index in [2.05, 4.69) is 21.4 Å². The van der Waals surface area contributed by atoms with Gasteiger partial charge in [-0.15, -0.1) is 0 Å². The highest BCUT2D eigenvalue weighted by Crippen LogP contribution is 2.44. The highest BCUT2D eigenvalue weighted by Gasteiger charge is 2.47. The molecule has 3 aliphatic rings. The molecule has 1 spiro atoms. The lowest BCUT2D eigenvalue weighted by Crippen LogP contribution is -2.47. The van der Waals surface area contributed by atoms with E-state index in [0.29, 0.717) is 18.3 Å². The summed E-state index contributed by atoms with van der Waals surface area (Å²) in [6.45, 7) is 4.00. The van der Waals surface area contributed by atoms with Crippen LogP contribution in [0, 0.1) is 5.82 Å². The van der Waals surface area contributed by atoms with E-state index >= 15 is 0 Å². The van der Waals surface area contributed by atoms with Crippen LogP contribution in [0.3, 0.4) is 0 Å². The maximum Gasteiger partial charge on any atom is 0.317 e. The van der Waals surface area contributed by atoms with Crippen molar-refractivity contribution in [3.05, 3.63) is 53.9 Å². The lowest BCUT2D eigenvalue weighted by Gasteiger charge is -2.30. The molecule has 1 saturated carbocycles. The Balaban J connectivity index is 1.21. The number of ether oxygens (including phenoxy) is 1. The molecule has 0 bridgehead atoms. The number of aryl methyl sites for hydroxylation is 1. The number of anilines is 1. The van der Waals surface area contributed by atoms with E-state index in [-0.39, 0.29) is 23.0 Å². The smallest absolute Gasteiger partial charge is 0.317 e. The van der Waals surface area contributed by atoms with Crippen molar-refractivity contribution in [2.75, 3.05) is 18.8 Å². The molecule has 3 N–H and O–H groups in total. The number of amides is 2. The Bertz CT molecular complexity index is 1310. The third-order valence-electron chi connectivity index (χ3n) is 7.85. The second-order valence-electron chi connectivity index (χ2n) is 10.2. The van der Waals surface area contributed by atoms with Crippen LogP contribution in [0.1, 0.15) is 56.5 Å². The van der Waals surface area contributed by atoms with Crippen molar-refractivity contribution in [2.24, 2.45) is 0 Å². The average molecular weight is 492 g/mol. The fourth-order valence-corrected chi connectivity index (χ4v) is 5.51. The minimum atomic E-state index is -0.642. The van der Waals surface area contributed by atoms with Gasteiger partial charge in [-0.05, 0) is 63.3 Å². The summed E-state index contributed by atoms with van der Waals surface area (Å²) in [6, 6.07) is 7.16. The molecule has 5 heterocycles. The molecular formula is C26H30FN7O2. The van der Waals surface area contributed by atoms with Gasteiger partial charge in [-0.1, -0.05) is 0 Å². The van der Waals surface area contributed by atoms with Gasteiger partial charge in [-0.2, -0.15) is 5.10 Å². The molecule has 2 fully saturated rings. The number of nitrogens with one attached hydrogen (secondary N) is 1. The molecule has 0 aromatic carbocycles. The fraction of sp³-hybridized carbons (Fsp3) is 0.462. The van der Waals surface area contributed by atoms with E-state index < -0.39 is 11.9 Å². The highest BCUT2D eigenvalue weighted by atomic mass is 19.1. The van der Waals surface area contributed by atoms with Gasteiger partial charge in [-0.25, -0.2) is 14.2 Å². The van der Waals surface area contributed by atoms with E-state index in [9.17, 15) is 9.18 Å². The van der Waals surface area contributed by atoms with Gasteiger partial charge >= 0.3 is 6.03 Å². The molecule has 1 aliphatic carbocycles. The van der Waals surface area contributed by atoms with Gasteiger partial charge in [0.2, 0.25) is 0 Å². The molecule has 2 amide bonds. The van der Waals surface area contributed by atoms with E-state index in [1.54, 1.807) is 19.2 Å². The van der Waals surface area contributed by atoms with E-state index in [0.717, 1.165) is 55.7 Å². The molecule has 2 atom stereocenters. The number of hydrogen-bond donors (Lipinski definition) is 2. The summed E-state index contributed by atoms with van der Waals surface area (Å²) >= 11 is 0. The van der Waals surface area contributed by atoms with Crippen molar-refractivity contribution >= 4 is 11.8 Å². The van der Waals surface area contributed by atoms with Crippen LogP contribution < -0.4 is 15.8 Å². The number of fused-ring (bicyclic) bond motifs is 2. The molecule has 6 rings (SSSR count). The van der Waals surface area contributed by atoms with Gasteiger partial charge in [0.1, 0.15) is 17.6 Å². The summed E-state index contributed by atoms with van der Waals surface area (Å²) in [5.41, 5.74) is 8.89. The molecule has 2 aliphatic heterocycles. The monoisotopic (exact) mass is 491 g/mol. The number of urea groups is 1. The van der Waals surface area contributed by atoms with Crippen molar-refractivity contribution in [1.82, 2.24) is 30.0 Å². The van der Waals surface area contributed by atoms with Crippen LogP contribution in [0.25, 0.3) is 11.3 Å². The third-order valence-corrected chi connectivity index (χ3v) is 7.85. The number of hydrogen-bond acceptors (Lipinski definition) is 6. The van der Waals surface area contributed by atoms with Crippen molar-refractivity contribution in [1.29, 1.82) is 0 Å². The van der Waals surface area contributed by atoms with Crippen LogP contribution in [0.4, 0.5) is 15.0 Å². The Morgan fingerprint density at radius 3 is 2.89 bits per heavy atom. The predicted octanol–water partition coefficient (Wildman–Crippen LogP) is 3.81. The molecule has 188 valence electrons. The van der Waals surface area contributed by atoms with Gasteiger partial charge in [0.15, 0.2) is 11.6 Å². The number of aromatic nitrogens is 4. The first-order chi connectivity index (χ1) is 17.4. The molecule has 3 aromatic heterocycles. The normalized spacial score (nSPS) is 21.9. The van der Waals surface area contributed by atoms with Crippen molar-refractivity contribution < 1.29 is 13.9 Å². The van der Waals surface area contributed by atoms with Gasteiger partial charge < -0.3 is 20.7 Å². The largest absolute Gasteiger partial charge is 0.480 e. The van der Waals surface area contributed by atoms with Gasteiger partial charge in [0.25, 0.3) is 0 Å². The lowest BCUT2D eigenvalue weighted by atomic mass is 9.82. The Kier molecular flexibility index (Phi) is 5.54. The number of likely N-dealkylation sites (tertiary alicyclic amines) is 1. The third kappa shape index (κ3) is 3.94. The summed E-state index contributed by atoms with van der Waals surface area (Å²) < 4.78 is 22.2. The SMILES string of the molecule is C[C@@H](Oc1cc(-c2cc3n(n2)CC[C@@]32CCN(C(=O)NC3CCC3)C2)cnc1N)c1ncccc1F. The van der Waals surface area contributed by atoms with Crippen LogP contribution in [0.5, 0.6) is 5.75 Å². The number of carbonyl (C=O) groups excluding carboxylic acids is 1. The number of nitrogens with zero attached hydrogens (tertiary/aromatic N) is 5. The van der Waals surface area contributed by atoms with Gasteiger partial charge in [-0.3, -0.25) is 9.67 Å². The van der Waals surface area contributed by atoms with Crippen LogP contribution >= 0.6 is 0 Å². The molecule has 0 unspecified atom stereocenters. The summed E-state index contributed by atoms with van der Waals surface area (Å²) in [5.74, 6) is 0.136. The predicted molar refractivity (Wildman–Crippen MR) is 132 cm³/mol. The number of pyridine rings is 2. The molecule has 1 saturated heterocycles. The molecule has 0 radical (unpaired) electrons. The van der Waals surface area contributed by atoms with Crippen molar-refractivity contribution in [3.8, 4) is 17.0 Å². The maximum atomic E-state index is 14.2. The Labute approximate surface area is 208 Å². The highest BCUT2D eigenvalue weighted by molar-refractivity contribution is 5.75. The Morgan fingerprint density at radius 2 is 2.11 bits per heavy atom. The number of rotatable bonds is 5. The zero-order valence-corrected chi connectivity index (χ0v) is 20.3. The minimum absolute atomic E-state index is 0.0535. The summed E-state index contributed by atoms with van der Waals surface area (Å²) in [6.07, 6.45) is 7.82. The quantitative estimate of drug-likeness (QED) is 0.562. The average Bonchev–Trinajstić information content (AvgIpc) is 3.55. The summed E-state index contributed by atoms with van der Waals surface area (Å²) in [5, 5.41) is 8.00. The van der Waals surface area contributed by atoms with Crippen LogP contribution in [0.2, 0.25) is 0 Å². The number of halogens is 1. The Hall–Kier alpha value is -3.69. The van der Waals surface area contributed by atoms with Crippen molar-refractivity contribution in [2.45, 2.75) is 63.1 Å². The second-order valence-corrected chi connectivity index (χ2v) is 10.2. The topological polar surface area (TPSA) is 111 Å². The first-order valence-electron chi connectivity index (χ1n) is 12.6. The van der Waals surface area contributed by atoms with Crippen LogP contribution in [-0.4, -0.2) is 49.8 Å². The zero-order valence-electron chi connectivity index (χ0n) is 20.3. The number of nitrogens with two attached hydrogens (primary N) is 1. The summed E-state index contributed by atoms with van der Waals surface area (Å²) in [7, 11) is 0. The number of carbonyl (C=O) groups is 1. The van der Waals surface area contributed by atoms with E-state index in [4.69, 9.17) is 15.6 Å². The Morgan fingerprint density at radius 1 is 1.28 bits per heavy atom. The van der Waals surface area contributed by atoms with Crippen LogP contribution in [0.15, 0.2) is 36.7 Å². The first kappa shape index (κ1) is 22.8. The van der Waals surface area contributed by atoms with Gasteiger partial charge in [0.05, 0.1) is 5.69 Å². The number of nitrogen functional groups attached to an aromatic ring is 1. The van der Waals surface area contributed by atoms with Gasteiger partial charge in [0, 0.05) is 54.7 Å². The zero-order chi connectivity index (χ0) is 24.9. The molecule has 36 heavy (non-hydrogen) atoms. The van der Waals surface area contributed by atoms with E-state index in [1.807, 2.05) is 9.58 Å². The molecule has 9 nitrogen and oxygen atoms in total. The fourth-order valence-electron chi connectivity index (χ4n) is 5.51. The standard InChI is InChI=1S/C26H30FN7O2/c1-16(23-19(27)6-3-9-29-23)36-21-12-17(14-30-24(21)28)20-13-22-26(8-11-34(22)32-20)7-10-33(15-26)25(35)31-18-4-2-5-18/h3,6,9,12-14,16,18H,2,4-5,7-8,10-11,15H2,1H3,(H2,28,30)(H,31,35)/t16-,26-/m1/s1. The molecular weight excluding hydrogens is 461 g/mol.